The number of benzene rings is 1. The van der Waals surface area contributed by atoms with Crippen molar-refractivity contribution in [3.05, 3.63) is 35.4 Å². The molecule has 4 atom stereocenters. The standard InChI is InChI=1S/C19H28N2/c20-19-16-9-3-1-6-14(16)8-5-11-18(19)21-13-12-15-7-2-4-10-17(15)21/h1,3,6,9,15,17-19H,2,4-5,7-8,10-13,20H2. The largest absolute Gasteiger partial charge is 0.323 e. The topological polar surface area (TPSA) is 29.3 Å². The van der Waals surface area contributed by atoms with Crippen LogP contribution in [0.3, 0.4) is 0 Å². The van der Waals surface area contributed by atoms with Gasteiger partial charge in [-0.2, -0.15) is 0 Å². The maximum Gasteiger partial charge on any atom is 0.0455 e. The summed E-state index contributed by atoms with van der Waals surface area (Å²) in [6.07, 6.45) is 10.9. The number of nitrogens with zero attached hydrogens (tertiary/aromatic N) is 1. The van der Waals surface area contributed by atoms with Crippen LogP contribution < -0.4 is 5.73 Å². The highest BCUT2D eigenvalue weighted by Gasteiger charge is 2.41. The van der Waals surface area contributed by atoms with E-state index in [2.05, 4.69) is 29.2 Å². The van der Waals surface area contributed by atoms with Crippen molar-refractivity contribution in [3.8, 4) is 0 Å². The van der Waals surface area contributed by atoms with E-state index in [0.717, 1.165) is 12.0 Å². The van der Waals surface area contributed by atoms with Gasteiger partial charge in [0.05, 0.1) is 0 Å². The first-order chi connectivity index (χ1) is 10.3. The van der Waals surface area contributed by atoms with E-state index in [-0.39, 0.29) is 6.04 Å². The summed E-state index contributed by atoms with van der Waals surface area (Å²) in [7, 11) is 0. The van der Waals surface area contributed by atoms with Crippen LogP contribution in [-0.4, -0.2) is 23.5 Å². The zero-order valence-electron chi connectivity index (χ0n) is 13.0. The fourth-order valence-corrected chi connectivity index (χ4v) is 5.20. The molecule has 2 N–H and O–H groups in total. The first-order valence-electron chi connectivity index (χ1n) is 8.94. The van der Waals surface area contributed by atoms with Crippen molar-refractivity contribution in [1.82, 2.24) is 4.90 Å². The number of likely N-dealkylation sites (tertiary alicyclic amines) is 1. The Morgan fingerprint density at radius 2 is 1.71 bits per heavy atom. The monoisotopic (exact) mass is 284 g/mol. The molecule has 2 fully saturated rings. The van der Waals surface area contributed by atoms with Gasteiger partial charge in [0.2, 0.25) is 0 Å². The molecule has 0 aromatic heterocycles. The van der Waals surface area contributed by atoms with Crippen LogP contribution in [0.25, 0.3) is 0 Å². The van der Waals surface area contributed by atoms with E-state index in [0.29, 0.717) is 6.04 Å². The van der Waals surface area contributed by atoms with Gasteiger partial charge in [0.25, 0.3) is 0 Å². The highest BCUT2D eigenvalue weighted by atomic mass is 15.2. The molecule has 0 radical (unpaired) electrons. The van der Waals surface area contributed by atoms with E-state index in [1.54, 1.807) is 0 Å². The second-order valence-corrected chi connectivity index (χ2v) is 7.32. The van der Waals surface area contributed by atoms with Crippen LogP contribution in [0.1, 0.15) is 62.1 Å². The van der Waals surface area contributed by atoms with Crippen LogP contribution in [-0.2, 0) is 6.42 Å². The molecule has 1 saturated carbocycles. The fourth-order valence-electron chi connectivity index (χ4n) is 5.20. The highest BCUT2D eigenvalue weighted by molar-refractivity contribution is 5.32. The molecule has 4 rings (SSSR count). The van der Waals surface area contributed by atoms with Gasteiger partial charge in [0, 0.05) is 18.1 Å². The van der Waals surface area contributed by atoms with Crippen molar-refractivity contribution >= 4 is 0 Å². The molecule has 2 heteroatoms. The van der Waals surface area contributed by atoms with Crippen molar-refractivity contribution in [2.45, 2.75) is 69.5 Å². The number of rotatable bonds is 1. The lowest BCUT2D eigenvalue weighted by Gasteiger charge is -2.39. The van der Waals surface area contributed by atoms with Crippen molar-refractivity contribution in [3.63, 3.8) is 0 Å². The smallest absolute Gasteiger partial charge is 0.0455 e. The SMILES string of the molecule is NC1c2ccccc2CCCC1N1CCC2CCCCC21. The second kappa shape index (κ2) is 5.73. The number of nitrogens with two attached hydrogens (primary N) is 1. The third-order valence-electron chi connectivity index (χ3n) is 6.25. The Bertz CT molecular complexity index is 498. The first kappa shape index (κ1) is 13.8. The molecule has 21 heavy (non-hydrogen) atoms. The normalized spacial score (nSPS) is 36.8. The van der Waals surface area contributed by atoms with Crippen LogP contribution >= 0.6 is 0 Å². The van der Waals surface area contributed by atoms with E-state index in [4.69, 9.17) is 5.73 Å². The molecular formula is C19H28N2. The molecule has 3 aliphatic rings. The average molecular weight is 284 g/mol. The molecule has 2 aliphatic carbocycles. The first-order valence-corrected chi connectivity index (χ1v) is 8.94. The van der Waals surface area contributed by atoms with E-state index in [1.165, 1.54) is 69.0 Å². The van der Waals surface area contributed by atoms with Gasteiger partial charge in [-0.1, -0.05) is 37.1 Å². The molecule has 1 heterocycles. The van der Waals surface area contributed by atoms with E-state index in [9.17, 15) is 0 Å². The minimum absolute atomic E-state index is 0.212. The summed E-state index contributed by atoms with van der Waals surface area (Å²) in [5.41, 5.74) is 9.66. The van der Waals surface area contributed by atoms with Crippen LogP contribution in [0.15, 0.2) is 24.3 Å². The Morgan fingerprint density at radius 1 is 0.905 bits per heavy atom. The minimum atomic E-state index is 0.212. The summed E-state index contributed by atoms with van der Waals surface area (Å²) < 4.78 is 0. The number of hydrogen-bond acceptors (Lipinski definition) is 2. The highest BCUT2D eigenvalue weighted by Crippen LogP contribution is 2.41. The summed E-state index contributed by atoms with van der Waals surface area (Å²) in [5, 5.41) is 0. The zero-order chi connectivity index (χ0) is 14.2. The Hall–Kier alpha value is -0.860. The van der Waals surface area contributed by atoms with E-state index < -0.39 is 0 Å². The Kier molecular flexibility index (Phi) is 3.76. The van der Waals surface area contributed by atoms with Crippen LogP contribution in [0.2, 0.25) is 0 Å². The predicted molar refractivity (Wildman–Crippen MR) is 87.2 cm³/mol. The summed E-state index contributed by atoms with van der Waals surface area (Å²) in [4.78, 5) is 2.82. The van der Waals surface area contributed by atoms with Crippen molar-refractivity contribution in [1.29, 1.82) is 0 Å². The van der Waals surface area contributed by atoms with Crippen molar-refractivity contribution in [2.75, 3.05) is 6.54 Å². The maximum absolute atomic E-state index is 6.75. The molecule has 2 nitrogen and oxygen atoms in total. The molecule has 1 saturated heterocycles. The van der Waals surface area contributed by atoms with Gasteiger partial charge in [0.1, 0.15) is 0 Å². The van der Waals surface area contributed by atoms with Crippen molar-refractivity contribution < 1.29 is 0 Å². The Balaban J connectivity index is 1.60. The summed E-state index contributed by atoms with van der Waals surface area (Å²) in [6.45, 7) is 1.29. The van der Waals surface area contributed by atoms with Gasteiger partial charge in [-0.25, -0.2) is 0 Å². The van der Waals surface area contributed by atoms with E-state index >= 15 is 0 Å². The molecule has 4 unspecified atom stereocenters. The Morgan fingerprint density at radius 3 is 2.67 bits per heavy atom. The molecule has 1 aliphatic heterocycles. The van der Waals surface area contributed by atoms with E-state index in [1.807, 2.05) is 0 Å². The fraction of sp³-hybridized carbons (Fsp3) is 0.684. The Labute approximate surface area is 128 Å². The van der Waals surface area contributed by atoms with Crippen LogP contribution in [0.4, 0.5) is 0 Å². The van der Waals surface area contributed by atoms with Crippen molar-refractivity contribution in [2.24, 2.45) is 11.7 Å². The third kappa shape index (κ3) is 2.43. The lowest BCUT2D eigenvalue weighted by atomic mass is 9.84. The third-order valence-corrected chi connectivity index (χ3v) is 6.25. The maximum atomic E-state index is 6.75. The van der Waals surface area contributed by atoms with Gasteiger partial charge < -0.3 is 5.73 Å². The number of fused-ring (bicyclic) bond motifs is 2. The molecule has 1 aromatic carbocycles. The lowest BCUT2D eigenvalue weighted by Crippen LogP contribution is -2.47. The molecule has 0 spiro atoms. The van der Waals surface area contributed by atoms with Crippen LogP contribution in [0, 0.1) is 5.92 Å². The average Bonchev–Trinajstić information content (AvgIpc) is 2.88. The van der Waals surface area contributed by atoms with Gasteiger partial charge in [-0.3, -0.25) is 4.90 Å². The summed E-state index contributed by atoms with van der Waals surface area (Å²) in [6, 6.07) is 10.5. The molecule has 0 bridgehead atoms. The molecule has 0 amide bonds. The lowest BCUT2D eigenvalue weighted by molar-refractivity contribution is 0.110. The summed E-state index contributed by atoms with van der Waals surface area (Å²) >= 11 is 0. The molecule has 1 aromatic rings. The second-order valence-electron chi connectivity index (χ2n) is 7.32. The van der Waals surface area contributed by atoms with Gasteiger partial charge in [-0.15, -0.1) is 0 Å². The number of hydrogen-bond donors (Lipinski definition) is 1. The minimum Gasteiger partial charge on any atom is -0.323 e. The van der Waals surface area contributed by atoms with Crippen LogP contribution in [0.5, 0.6) is 0 Å². The van der Waals surface area contributed by atoms with Gasteiger partial charge in [0.15, 0.2) is 0 Å². The molecule has 114 valence electrons. The number of aryl methyl sites for hydroxylation is 1. The zero-order valence-corrected chi connectivity index (χ0v) is 13.0. The quantitative estimate of drug-likeness (QED) is 0.798. The molecular weight excluding hydrogens is 256 g/mol. The van der Waals surface area contributed by atoms with Gasteiger partial charge >= 0.3 is 0 Å². The predicted octanol–water partition coefficient (Wildman–Crippen LogP) is 3.66. The van der Waals surface area contributed by atoms with Gasteiger partial charge in [-0.05, 0) is 62.1 Å². The summed E-state index contributed by atoms with van der Waals surface area (Å²) in [5.74, 6) is 0.962.